The Hall–Kier alpha value is -2.51. The van der Waals surface area contributed by atoms with Crippen molar-refractivity contribution < 1.29 is 4.79 Å². The zero-order chi connectivity index (χ0) is 14.8. The molecule has 0 aliphatic rings. The number of aromatic nitrogens is 5. The van der Waals surface area contributed by atoms with E-state index in [9.17, 15) is 4.79 Å². The van der Waals surface area contributed by atoms with E-state index >= 15 is 0 Å². The summed E-state index contributed by atoms with van der Waals surface area (Å²) in [4.78, 5) is 17.3. The van der Waals surface area contributed by atoms with Crippen LogP contribution in [-0.2, 0) is 12.1 Å². The molecule has 2 aromatic rings. The third-order valence-electron chi connectivity index (χ3n) is 2.48. The predicted molar refractivity (Wildman–Crippen MR) is 72.6 cm³/mol. The highest BCUT2D eigenvalue weighted by atomic mass is 16.1. The van der Waals surface area contributed by atoms with Crippen molar-refractivity contribution in [2.45, 2.75) is 32.9 Å². The van der Waals surface area contributed by atoms with Crippen molar-refractivity contribution in [3.05, 3.63) is 29.8 Å². The number of nitrogen functional groups attached to an aromatic ring is 1. The van der Waals surface area contributed by atoms with Crippen molar-refractivity contribution in [1.82, 2.24) is 30.5 Å². The summed E-state index contributed by atoms with van der Waals surface area (Å²) in [6, 6.07) is 1.56. The van der Waals surface area contributed by atoms with Crippen molar-refractivity contribution >= 4 is 11.6 Å². The summed E-state index contributed by atoms with van der Waals surface area (Å²) in [5.41, 5.74) is 6.17. The van der Waals surface area contributed by atoms with Gasteiger partial charge in [-0.05, 0) is 32.1 Å². The largest absolute Gasteiger partial charge is 0.397 e. The summed E-state index contributed by atoms with van der Waals surface area (Å²) >= 11 is 0. The van der Waals surface area contributed by atoms with Crippen LogP contribution in [0.25, 0.3) is 0 Å². The molecule has 2 rings (SSSR count). The highest BCUT2D eigenvalue weighted by Gasteiger charge is 2.17. The van der Waals surface area contributed by atoms with Crippen LogP contribution >= 0.6 is 0 Å². The van der Waals surface area contributed by atoms with Crippen LogP contribution < -0.4 is 11.1 Å². The van der Waals surface area contributed by atoms with Crippen molar-refractivity contribution in [3.63, 3.8) is 0 Å². The number of hydrogen-bond donors (Lipinski definition) is 2. The highest BCUT2D eigenvalue weighted by Crippen LogP contribution is 2.09. The number of carbonyl (C=O) groups excluding carboxylic acids is 1. The first-order valence-electron chi connectivity index (χ1n) is 6.14. The lowest BCUT2D eigenvalue weighted by atomic mass is 10.1. The molecule has 0 spiro atoms. The van der Waals surface area contributed by atoms with Gasteiger partial charge in [-0.25, -0.2) is 0 Å². The van der Waals surface area contributed by atoms with E-state index in [1.54, 1.807) is 6.07 Å². The maximum absolute atomic E-state index is 11.9. The molecule has 0 unspecified atom stereocenters. The molecule has 0 radical (unpaired) electrons. The minimum atomic E-state index is -0.281. The Morgan fingerprint density at radius 2 is 2.15 bits per heavy atom. The minimum Gasteiger partial charge on any atom is -0.397 e. The third-order valence-corrected chi connectivity index (χ3v) is 2.48. The van der Waals surface area contributed by atoms with Crippen LogP contribution in [-0.4, -0.2) is 31.1 Å². The Bertz CT molecular complexity index is 614. The van der Waals surface area contributed by atoms with Gasteiger partial charge in [0.1, 0.15) is 0 Å². The van der Waals surface area contributed by atoms with Crippen LogP contribution in [0.2, 0.25) is 0 Å². The quantitative estimate of drug-likeness (QED) is 0.835. The molecule has 0 aliphatic carbocycles. The number of pyridine rings is 1. The molecule has 0 saturated carbocycles. The molecule has 0 bridgehead atoms. The van der Waals surface area contributed by atoms with Gasteiger partial charge >= 0.3 is 0 Å². The Morgan fingerprint density at radius 1 is 1.40 bits per heavy atom. The second kappa shape index (κ2) is 5.24. The first-order valence-corrected chi connectivity index (χ1v) is 6.14. The van der Waals surface area contributed by atoms with Gasteiger partial charge in [0.05, 0.1) is 23.3 Å². The van der Waals surface area contributed by atoms with Gasteiger partial charge in [-0.3, -0.25) is 9.78 Å². The molecule has 106 valence electrons. The zero-order valence-corrected chi connectivity index (χ0v) is 11.7. The number of nitrogens with two attached hydrogens (primary N) is 1. The molecule has 0 saturated heterocycles. The van der Waals surface area contributed by atoms with E-state index in [2.05, 4.69) is 25.7 Å². The molecule has 0 aliphatic heterocycles. The summed E-state index contributed by atoms with van der Waals surface area (Å²) in [6.07, 6.45) is 2.93. The van der Waals surface area contributed by atoms with E-state index in [0.717, 1.165) is 0 Å². The third kappa shape index (κ3) is 3.28. The van der Waals surface area contributed by atoms with E-state index in [4.69, 9.17) is 5.73 Å². The van der Waals surface area contributed by atoms with E-state index in [1.165, 1.54) is 17.2 Å². The molecule has 0 fully saturated rings. The fourth-order valence-electron chi connectivity index (χ4n) is 1.44. The summed E-state index contributed by atoms with van der Waals surface area (Å²) in [6.45, 7) is 6.10. The van der Waals surface area contributed by atoms with Gasteiger partial charge in [-0.15, -0.1) is 10.2 Å². The Morgan fingerprint density at radius 3 is 2.75 bits per heavy atom. The van der Waals surface area contributed by atoms with Crippen LogP contribution in [0.5, 0.6) is 0 Å². The van der Waals surface area contributed by atoms with Gasteiger partial charge in [-0.1, -0.05) is 0 Å². The Kier molecular flexibility index (Phi) is 3.64. The molecular formula is C12H17N7O. The summed E-state index contributed by atoms with van der Waals surface area (Å²) < 4.78 is 0. The Labute approximate surface area is 116 Å². The SMILES string of the molecule is CC(C)(C)n1nnc(CNC(=O)c2cncc(N)c2)n1. The van der Waals surface area contributed by atoms with Gasteiger partial charge < -0.3 is 11.1 Å². The fourth-order valence-corrected chi connectivity index (χ4v) is 1.44. The topological polar surface area (TPSA) is 112 Å². The zero-order valence-electron chi connectivity index (χ0n) is 11.7. The summed E-state index contributed by atoms with van der Waals surface area (Å²) in [7, 11) is 0. The second-order valence-electron chi connectivity index (χ2n) is 5.36. The van der Waals surface area contributed by atoms with E-state index in [1.807, 2.05) is 20.8 Å². The molecule has 2 heterocycles. The van der Waals surface area contributed by atoms with Crippen LogP contribution in [0, 0.1) is 0 Å². The van der Waals surface area contributed by atoms with Gasteiger partial charge in [0, 0.05) is 12.4 Å². The predicted octanol–water partition coefficient (Wildman–Crippen LogP) is 0.335. The molecular weight excluding hydrogens is 258 g/mol. The first-order chi connectivity index (χ1) is 9.36. The monoisotopic (exact) mass is 275 g/mol. The van der Waals surface area contributed by atoms with E-state index < -0.39 is 0 Å². The maximum Gasteiger partial charge on any atom is 0.253 e. The van der Waals surface area contributed by atoms with Crippen LogP contribution in [0.4, 0.5) is 5.69 Å². The summed E-state index contributed by atoms with van der Waals surface area (Å²) in [5, 5.41) is 14.7. The normalized spacial score (nSPS) is 11.3. The number of anilines is 1. The van der Waals surface area contributed by atoms with Gasteiger partial charge in [0.2, 0.25) is 0 Å². The lowest BCUT2D eigenvalue weighted by Gasteiger charge is -2.15. The number of tetrazole rings is 1. The van der Waals surface area contributed by atoms with Gasteiger partial charge in [0.15, 0.2) is 5.82 Å². The van der Waals surface area contributed by atoms with Gasteiger partial charge in [-0.2, -0.15) is 4.80 Å². The standard InChI is InChI=1S/C12H17N7O/c1-12(2,3)19-17-10(16-18-19)7-15-11(20)8-4-9(13)6-14-5-8/h4-6H,7,13H2,1-3H3,(H,15,20). The van der Waals surface area contributed by atoms with Crippen molar-refractivity contribution in [1.29, 1.82) is 0 Å². The van der Waals surface area contributed by atoms with Crippen molar-refractivity contribution in [2.24, 2.45) is 0 Å². The van der Waals surface area contributed by atoms with E-state index in [-0.39, 0.29) is 18.0 Å². The lowest BCUT2D eigenvalue weighted by molar-refractivity contribution is 0.0949. The van der Waals surface area contributed by atoms with Crippen LogP contribution in [0.1, 0.15) is 37.0 Å². The highest BCUT2D eigenvalue weighted by molar-refractivity contribution is 5.94. The van der Waals surface area contributed by atoms with Crippen molar-refractivity contribution in [3.8, 4) is 0 Å². The van der Waals surface area contributed by atoms with Crippen LogP contribution in [0.3, 0.4) is 0 Å². The average molecular weight is 275 g/mol. The first kappa shape index (κ1) is 13.9. The van der Waals surface area contributed by atoms with E-state index in [0.29, 0.717) is 17.1 Å². The number of rotatable bonds is 3. The molecule has 2 aromatic heterocycles. The molecule has 3 N–H and O–H groups in total. The lowest BCUT2D eigenvalue weighted by Crippen LogP contribution is -2.26. The molecule has 8 heteroatoms. The number of hydrogen-bond acceptors (Lipinski definition) is 6. The van der Waals surface area contributed by atoms with Crippen LogP contribution in [0.15, 0.2) is 18.5 Å². The minimum absolute atomic E-state index is 0.198. The summed E-state index contributed by atoms with van der Waals surface area (Å²) in [5.74, 6) is 0.169. The molecule has 0 atom stereocenters. The van der Waals surface area contributed by atoms with Gasteiger partial charge in [0.25, 0.3) is 5.91 Å². The molecule has 0 aromatic carbocycles. The second-order valence-corrected chi connectivity index (χ2v) is 5.36. The molecule has 20 heavy (non-hydrogen) atoms. The average Bonchev–Trinajstić information content (AvgIpc) is 2.84. The fraction of sp³-hybridized carbons (Fsp3) is 0.417. The van der Waals surface area contributed by atoms with Crippen molar-refractivity contribution in [2.75, 3.05) is 5.73 Å². The number of nitrogens with zero attached hydrogens (tertiary/aromatic N) is 5. The smallest absolute Gasteiger partial charge is 0.253 e. The molecule has 8 nitrogen and oxygen atoms in total. The maximum atomic E-state index is 11.9. The number of amides is 1. The number of nitrogens with one attached hydrogen (secondary N) is 1. The Balaban J connectivity index is 1.99. The number of carbonyl (C=O) groups is 1. The molecule has 1 amide bonds.